The number of ether oxygens (including phenoxy) is 3. The van der Waals surface area contributed by atoms with Gasteiger partial charge < -0.3 is 24.8 Å². The van der Waals surface area contributed by atoms with Crippen LogP contribution in [0.5, 0.6) is 0 Å². The van der Waals surface area contributed by atoms with Crippen molar-refractivity contribution in [2.24, 2.45) is 17.8 Å². The number of Topliss-reactive ketones (excluding diaryl/α,β-unsaturated/α-hetero) is 1. The predicted molar refractivity (Wildman–Crippen MR) is 193 cm³/mol. The Morgan fingerprint density at radius 1 is 0.731 bits per heavy atom. The van der Waals surface area contributed by atoms with Crippen LogP contribution in [0.3, 0.4) is 0 Å². The molecule has 2 amide bonds. The van der Waals surface area contributed by atoms with E-state index in [0.717, 1.165) is 17.9 Å². The summed E-state index contributed by atoms with van der Waals surface area (Å²) in [5.41, 5.74) is 1.11. The van der Waals surface area contributed by atoms with Crippen LogP contribution in [0, 0.1) is 17.8 Å². The van der Waals surface area contributed by atoms with E-state index in [0.29, 0.717) is 5.56 Å². The van der Waals surface area contributed by atoms with Gasteiger partial charge in [-0.25, -0.2) is 8.42 Å². The fraction of sp³-hybridized carbons (Fsp3) is 0.459. The summed E-state index contributed by atoms with van der Waals surface area (Å²) in [7, 11) is -3.86. The summed E-state index contributed by atoms with van der Waals surface area (Å²) >= 11 is 5.95. The van der Waals surface area contributed by atoms with E-state index in [1.807, 2.05) is 6.07 Å². The SMILES string of the molecule is CCOC(=O)C[C@H](CC(=O)OCc1ccccc1)C(=O)N[C@H](C(=O)C[C@H](C(=O)N[C@H](/C=C(\Cl)S(C)(=O)=O)CC(=O)OCC)C(C)C)c1ccccc1. The maximum atomic E-state index is 14.0. The second-order valence-electron chi connectivity index (χ2n) is 12.3. The molecule has 284 valence electrons. The molecule has 0 saturated carbocycles. The monoisotopic (exact) mass is 762 g/mol. The molecular formula is C37H47ClN2O11S. The third kappa shape index (κ3) is 15.4. The van der Waals surface area contributed by atoms with E-state index in [9.17, 15) is 37.2 Å². The third-order valence-electron chi connectivity index (χ3n) is 7.75. The van der Waals surface area contributed by atoms with Crippen LogP contribution in [0.15, 0.2) is 71.1 Å². The summed E-state index contributed by atoms with van der Waals surface area (Å²) in [6.07, 6.45) is 0.136. The number of carbonyl (C=O) groups is 6. The van der Waals surface area contributed by atoms with Gasteiger partial charge in [0.2, 0.25) is 11.8 Å². The molecule has 2 rings (SSSR count). The lowest BCUT2D eigenvalue weighted by Gasteiger charge is -2.26. The molecule has 2 aromatic rings. The molecule has 52 heavy (non-hydrogen) atoms. The number of amides is 2. The summed E-state index contributed by atoms with van der Waals surface area (Å²) in [6, 6.07) is 14.7. The molecule has 0 aliphatic carbocycles. The smallest absolute Gasteiger partial charge is 0.308 e. The fourth-order valence-electron chi connectivity index (χ4n) is 5.02. The van der Waals surface area contributed by atoms with Gasteiger partial charge in [-0.1, -0.05) is 86.1 Å². The van der Waals surface area contributed by atoms with Gasteiger partial charge in [0.05, 0.1) is 44.4 Å². The van der Waals surface area contributed by atoms with E-state index in [2.05, 4.69) is 10.6 Å². The van der Waals surface area contributed by atoms with E-state index >= 15 is 0 Å². The van der Waals surface area contributed by atoms with Gasteiger partial charge in [-0.3, -0.25) is 28.8 Å². The molecule has 0 heterocycles. The molecule has 0 unspecified atom stereocenters. The highest BCUT2D eigenvalue weighted by Gasteiger charge is 2.34. The van der Waals surface area contributed by atoms with Crippen molar-refractivity contribution < 1.29 is 51.4 Å². The highest BCUT2D eigenvalue weighted by Crippen LogP contribution is 2.25. The Bertz CT molecular complexity index is 1660. The number of ketones is 1. The molecule has 13 nitrogen and oxygen atoms in total. The van der Waals surface area contributed by atoms with Crippen molar-refractivity contribution in [2.45, 2.75) is 72.1 Å². The lowest BCUT2D eigenvalue weighted by atomic mass is 9.86. The minimum absolute atomic E-state index is 0.0475. The Kier molecular flexibility index (Phi) is 18.2. The van der Waals surface area contributed by atoms with Gasteiger partial charge in [0.25, 0.3) is 0 Å². The Morgan fingerprint density at radius 3 is 1.77 bits per heavy atom. The zero-order chi connectivity index (χ0) is 38.8. The molecule has 0 bridgehead atoms. The highest BCUT2D eigenvalue weighted by molar-refractivity contribution is 7.96. The lowest BCUT2D eigenvalue weighted by Crippen LogP contribution is -2.44. The molecule has 0 saturated heterocycles. The van der Waals surface area contributed by atoms with Crippen LogP contribution in [0.2, 0.25) is 0 Å². The predicted octanol–water partition coefficient (Wildman–Crippen LogP) is 4.34. The summed E-state index contributed by atoms with van der Waals surface area (Å²) in [6.45, 7) is 6.63. The number of hydrogen-bond donors (Lipinski definition) is 2. The number of sulfone groups is 1. The number of rotatable bonds is 21. The van der Waals surface area contributed by atoms with Crippen molar-refractivity contribution in [3.8, 4) is 0 Å². The minimum atomic E-state index is -3.86. The average Bonchev–Trinajstić information content (AvgIpc) is 3.08. The van der Waals surface area contributed by atoms with E-state index in [4.69, 9.17) is 25.8 Å². The maximum Gasteiger partial charge on any atom is 0.308 e. The number of esters is 3. The van der Waals surface area contributed by atoms with Gasteiger partial charge in [-0.05, 0) is 37.0 Å². The summed E-state index contributed by atoms with van der Waals surface area (Å²) in [4.78, 5) is 79.0. The van der Waals surface area contributed by atoms with Gasteiger partial charge in [-0.15, -0.1) is 0 Å². The summed E-state index contributed by atoms with van der Waals surface area (Å²) in [5.74, 6) is -6.90. The largest absolute Gasteiger partial charge is 0.466 e. The van der Waals surface area contributed by atoms with Crippen LogP contribution < -0.4 is 10.6 Å². The van der Waals surface area contributed by atoms with E-state index in [-0.39, 0.29) is 26.2 Å². The van der Waals surface area contributed by atoms with Crippen LogP contribution in [-0.4, -0.2) is 69.4 Å². The fourth-order valence-corrected chi connectivity index (χ4v) is 5.58. The first-order chi connectivity index (χ1) is 24.5. The van der Waals surface area contributed by atoms with Crippen LogP contribution in [0.25, 0.3) is 0 Å². The highest BCUT2D eigenvalue weighted by atomic mass is 35.5. The Balaban J connectivity index is 2.35. The molecule has 15 heteroatoms. The topological polar surface area (TPSA) is 188 Å². The zero-order valence-corrected chi connectivity index (χ0v) is 31.5. The van der Waals surface area contributed by atoms with Gasteiger partial charge in [0.1, 0.15) is 17.0 Å². The second-order valence-corrected chi connectivity index (χ2v) is 14.9. The van der Waals surface area contributed by atoms with Crippen molar-refractivity contribution in [3.63, 3.8) is 0 Å². The molecule has 2 aromatic carbocycles. The third-order valence-corrected chi connectivity index (χ3v) is 9.57. The first kappa shape index (κ1) is 43.6. The second kappa shape index (κ2) is 21.7. The van der Waals surface area contributed by atoms with Crippen molar-refractivity contribution in [3.05, 3.63) is 82.2 Å². The summed E-state index contributed by atoms with van der Waals surface area (Å²) in [5, 5.41) is 5.28. The first-order valence-electron chi connectivity index (χ1n) is 16.8. The number of benzene rings is 2. The maximum absolute atomic E-state index is 14.0. The van der Waals surface area contributed by atoms with Crippen molar-refractivity contribution in [2.75, 3.05) is 19.5 Å². The van der Waals surface area contributed by atoms with E-state index in [1.54, 1.807) is 82.3 Å². The van der Waals surface area contributed by atoms with Crippen LogP contribution in [0.4, 0.5) is 0 Å². The van der Waals surface area contributed by atoms with Crippen molar-refractivity contribution >= 4 is 56.9 Å². The molecule has 0 aliphatic heterocycles. The summed E-state index contributed by atoms with van der Waals surface area (Å²) < 4.78 is 38.7. The van der Waals surface area contributed by atoms with Gasteiger partial charge in [-0.2, -0.15) is 0 Å². The van der Waals surface area contributed by atoms with Crippen LogP contribution in [-0.2, 0) is 59.4 Å². The quantitative estimate of drug-likeness (QED) is 0.136. The molecule has 0 fully saturated rings. The minimum Gasteiger partial charge on any atom is -0.466 e. The average molecular weight is 763 g/mol. The number of halogens is 1. The number of nitrogens with one attached hydrogen (secondary N) is 2. The Hall–Kier alpha value is -4.56. The van der Waals surface area contributed by atoms with Gasteiger partial charge >= 0.3 is 17.9 Å². The normalized spacial score (nSPS) is 13.9. The van der Waals surface area contributed by atoms with Crippen molar-refractivity contribution in [1.82, 2.24) is 10.6 Å². The Labute approximate surface area is 309 Å². The Morgan fingerprint density at radius 2 is 1.25 bits per heavy atom. The molecule has 0 aliphatic rings. The standard InChI is InChI=1S/C37H47ClN2O11S/c1-6-49-32(42)18-27(19-33(43)51-23-25-14-10-8-11-15-25)36(45)40-35(26-16-12-9-13-17-26)30(41)22-29(24(3)4)37(46)39-28(21-34(44)50-7-2)20-31(38)52(5,47)48/h8-17,20,24,27-29,35H,6-7,18-19,21-23H2,1-5H3,(H,39,46)(H,40,45)/b31-20+/t27-,28-,29+,35+/m1/s1. The lowest BCUT2D eigenvalue weighted by molar-refractivity contribution is -0.151. The molecule has 2 N–H and O–H groups in total. The van der Waals surface area contributed by atoms with Crippen LogP contribution >= 0.6 is 11.6 Å². The molecular weight excluding hydrogens is 716 g/mol. The van der Waals surface area contributed by atoms with Crippen LogP contribution in [0.1, 0.15) is 70.5 Å². The van der Waals surface area contributed by atoms with E-state index in [1.165, 1.54) is 0 Å². The number of hydrogen-bond acceptors (Lipinski definition) is 11. The zero-order valence-electron chi connectivity index (χ0n) is 30.0. The molecule has 0 spiro atoms. The molecule has 4 atom stereocenters. The molecule has 0 aromatic heterocycles. The van der Waals surface area contributed by atoms with E-state index < -0.39 is 98.8 Å². The number of carbonyl (C=O) groups excluding carboxylic acids is 6. The first-order valence-corrected chi connectivity index (χ1v) is 19.1. The van der Waals surface area contributed by atoms with Crippen molar-refractivity contribution in [1.29, 1.82) is 0 Å². The van der Waals surface area contributed by atoms with Gasteiger partial charge in [0, 0.05) is 18.6 Å². The molecule has 0 radical (unpaired) electrons. The van der Waals surface area contributed by atoms with Gasteiger partial charge in [0.15, 0.2) is 15.6 Å².